The van der Waals surface area contributed by atoms with Crippen LogP contribution in [0.15, 0.2) is 28.0 Å². The number of hydrogen-bond acceptors (Lipinski definition) is 4. The third-order valence-electron chi connectivity index (χ3n) is 4.52. The lowest BCUT2D eigenvalue weighted by Gasteiger charge is -2.18. The molecule has 130 valence electrons. The zero-order valence-corrected chi connectivity index (χ0v) is 15.3. The zero-order valence-electron chi connectivity index (χ0n) is 15.3. The number of aromatic nitrogens is 1. The van der Waals surface area contributed by atoms with Gasteiger partial charge in [0, 0.05) is 12.3 Å². The van der Waals surface area contributed by atoms with Crippen LogP contribution in [0.3, 0.4) is 0 Å². The van der Waals surface area contributed by atoms with Crippen molar-refractivity contribution in [1.29, 1.82) is 5.26 Å². The van der Waals surface area contributed by atoms with Gasteiger partial charge in [-0.3, -0.25) is 14.4 Å². The molecule has 1 unspecified atom stereocenters. The molecular weight excluding hydrogens is 314 g/mol. The summed E-state index contributed by atoms with van der Waals surface area (Å²) in [6.07, 6.45) is 2.20. The lowest BCUT2D eigenvalue weighted by Crippen LogP contribution is -2.27. The lowest BCUT2D eigenvalue weighted by atomic mass is 10.0. The first kappa shape index (κ1) is 18.5. The van der Waals surface area contributed by atoms with Gasteiger partial charge in [-0.05, 0) is 56.9 Å². The maximum Gasteiger partial charge on any atom is 0.271 e. The Morgan fingerprint density at radius 3 is 2.64 bits per heavy atom. The molecular formula is C20H23N3O2. The normalized spacial score (nSPS) is 12.3. The highest BCUT2D eigenvalue weighted by Gasteiger charge is 2.20. The molecule has 5 heteroatoms. The van der Waals surface area contributed by atoms with E-state index in [2.05, 4.69) is 4.99 Å². The Hall–Kier alpha value is -2.87. The van der Waals surface area contributed by atoms with Gasteiger partial charge >= 0.3 is 0 Å². The first-order chi connectivity index (χ1) is 11.8. The highest BCUT2D eigenvalue weighted by Crippen LogP contribution is 2.26. The van der Waals surface area contributed by atoms with Crippen molar-refractivity contribution in [2.75, 3.05) is 0 Å². The van der Waals surface area contributed by atoms with Gasteiger partial charge in [-0.15, -0.1) is 0 Å². The van der Waals surface area contributed by atoms with E-state index < -0.39 is 5.56 Å². The van der Waals surface area contributed by atoms with Crippen molar-refractivity contribution < 1.29 is 5.11 Å². The first-order valence-corrected chi connectivity index (χ1v) is 8.31. The van der Waals surface area contributed by atoms with Gasteiger partial charge in [-0.25, -0.2) is 0 Å². The Morgan fingerprint density at radius 1 is 1.36 bits per heavy atom. The van der Waals surface area contributed by atoms with Crippen LogP contribution in [0.4, 0.5) is 5.69 Å². The second kappa shape index (κ2) is 7.35. The van der Waals surface area contributed by atoms with Crippen LogP contribution in [0, 0.1) is 32.1 Å². The summed E-state index contributed by atoms with van der Waals surface area (Å²) in [5.41, 5.74) is 3.31. The van der Waals surface area contributed by atoms with Crippen LogP contribution in [-0.4, -0.2) is 15.9 Å². The van der Waals surface area contributed by atoms with Crippen LogP contribution < -0.4 is 5.56 Å². The maximum atomic E-state index is 12.5. The van der Waals surface area contributed by atoms with Gasteiger partial charge in [0.2, 0.25) is 5.88 Å². The SMILES string of the molecule is CCC(C)n1c(O)c(C=Nc2cc(C)ccc2C)c(C)c(C#N)c1=O. The molecule has 0 saturated carbocycles. The van der Waals surface area contributed by atoms with Gasteiger partial charge in [0.1, 0.15) is 11.6 Å². The summed E-state index contributed by atoms with van der Waals surface area (Å²) >= 11 is 0. The second-order valence-electron chi connectivity index (χ2n) is 6.33. The zero-order chi connectivity index (χ0) is 18.7. The predicted molar refractivity (Wildman–Crippen MR) is 100.0 cm³/mol. The molecule has 1 aromatic heterocycles. The van der Waals surface area contributed by atoms with Crippen molar-refractivity contribution in [1.82, 2.24) is 4.57 Å². The summed E-state index contributed by atoms with van der Waals surface area (Å²) in [5, 5.41) is 20.0. The lowest BCUT2D eigenvalue weighted by molar-refractivity contribution is 0.372. The number of hydrogen-bond donors (Lipinski definition) is 1. The van der Waals surface area contributed by atoms with Crippen molar-refractivity contribution in [3.8, 4) is 11.9 Å². The Kier molecular flexibility index (Phi) is 5.43. The van der Waals surface area contributed by atoms with Gasteiger partial charge in [0.05, 0.1) is 11.3 Å². The van der Waals surface area contributed by atoms with Crippen molar-refractivity contribution in [2.24, 2.45) is 4.99 Å². The molecule has 0 bridgehead atoms. The number of aromatic hydroxyl groups is 1. The minimum atomic E-state index is -0.462. The molecule has 0 saturated heterocycles. The Balaban J connectivity index is 2.69. The van der Waals surface area contributed by atoms with Gasteiger partial charge < -0.3 is 5.11 Å². The minimum Gasteiger partial charge on any atom is -0.494 e. The van der Waals surface area contributed by atoms with E-state index >= 15 is 0 Å². The fourth-order valence-corrected chi connectivity index (χ4v) is 2.68. The van der Waals surface area contributed by atoms with E-state index in [1.807, 2.05) is 52.0 Å². The molecule has 1 aromatic carbocycles. The Morgan fingerprint density at radius 2 is 2.04 bits per heavy atom. The van der Waals surface area contributed by atoms with Crippen molar-refractivity contribution in [2.45, 2.75) is 47.1 Å². The highest BCUT2D eigenvalue weighted by atomic mass is 16.3. The topological polar surface area (TPSA) is 78.4 Å². The first-order valence-electron chi connectivity index (χ1n) is 8.31. The van der Waals surface area contributed by atoms with Crippen LogP contribution >= 0.6 is 0 Å². The minimum absolute atomic E-state index is 0.0421. The number of nitrogens with zero attached hydrogens (tertiary/aromatic N) is 3. The van der Waals surface area contributed by atoms with Gasteiger partial charge in [-0.1, -0.05) is 19.1 Å². The van der Waals surface area contributed by atoms with Crippen molar-refractivity contribution in [3.63, 3.8) is 0 Å². The number of nitriles is 1. The Bertz CT molecular complexity index is 933. The molecule has 1 N–H and O–H groups in total. The van der Waals surface area contributed by atoms with Crippen molar-refractivity contribution in [3.05, 3.63) is 56.4 Å². The van der Waals surface area contributed by atoms with Gasteiger partial charge in [0.25, 0.3) is 5.56 Å². The molecule has 0 spiro atoms. The predicted octanol–water partition coefficient (Wildman–Crippen LogP) is 4.07. The van der Waals surface area contributed by atoms with Crippen molar-refractivity contribution >= 4 is 11.9 Å². The maximum absolute atomic E-state index is 12.5. The highest BCUT2D eigenvalue weighted by molar-refractivity contribution is 5.87. The van der Waals surface area contributed by atoms with E-state index in [9.17, 15) is 15.2 Å². The molecule has 0 amide bonds. The fraction of sp³-hybridized carbons (Fsp3) is 0.350. The van der Waals surface area contributed by atoms with Crippen LogP contribution in [-0.2, 0) is 0 Å². The summed E-state index contributed by atoms with van der Waals surface area (Å²) in [6, 6.07) is 7.69. The van der Waals surface area contributed by atoms with E-state index in [0.717, 1.165) is 16.8 Å². The molecule has 0 aliphatic rings. The molecule has 2 aromatic rings. The van der Waals surface area contributed by atoms with E-state index in [-0.39, 0.29) is 17.5 Å². The van der Waals surface area contributed by atoms with Crippen LogP contribution in [0.2, 0.25) is 0 Å². The number of aryl methyl sites for hydroxylation is 2. The molecule has 5 nitrogen and oxygen atoms in total. The molecule has 0 aliphatic carbocycles. The van der Waals surface area contributed by atoms with Gasteiger partial charge in [0.15, 0.2) is 0 Å². The molecule has 0 fully saturated rings. The summed E-state index contributed by atoms with van der Waals surface area (Å²) in [7, 11) is 0. The second-order valence-corrected chi connectivity index (χ2v) is 6.33. The van der Waals surface area contributed by atoms with Crippen LogP contribution in [0.25, 0.3) is 0 Å². The van der Waals surface area contributed by atoms with Crippen LogP contribution in [0.5, 0.6) is 5.88 Å². The molecule has 2 rings (SSSR count). The Labute approximate surface area is 147 Å². The number of aliphatic imine (C=N–C) groups is 1. The summed E-state index contributed by atoms with van der Waals surface area (Å²) < 4.78 is 1.27. The fourth-order valence-electron chi connectivity index (χ4n) is 2.68. The van der Waals surface area contributed by atoms with E-state index in [1.54, 1.807) is 6.92 Å². The number of rotatable bonds is 4. The van der Waals surface area contributed by atoms with Crippen LogP contribution in [0.1, 0.15) is 54.1 Å². The number of pyridine rings is 1. The summed E-state index contributed by atoms with van der Waals surface area (Å²) in [6.45, 7) is 9.36. The monoisotopic (exact) mass is 337 g/mol. The third-order valence-corrected chi connectivity index (χ3v) is 4.52. The standard InChI is InChI=1S/C20H23N3O2/c1-6-14(4)23-19(24)16(10-21)15(5)17(20(23)25)11-22-18-9-12(2)7-8-13(18)3/h7-9,11,14,25H,6H2,1-5H3. The van der Waals surface area contributed by atoms with Gasteiger partial charge in [-0.2, -0.15) is 5.26 Å². The smallest absolute Gasteiger partial charge is 0.271 e. The largest absolute Gasteiger partial charge is 0.494 e. The van der Waals surface area contributed by atoms with E-state index in [4.69, 9.17) is 0 Å². The molecule has 1 heterocycles. The molecule has 0 radical (unpaired) electrons. The molecule has 1 atom stereocenters. The quantitative estimate of drug-likeness (QED) is 0.854. The summed E-state index contributed by atoms with van der Waals surface area (Å²) in [5.74, 6) is -0.148. The summed E-state index contributed by atoms with van der Waals surface area (Å²) in [4.78, 5) is 17.0. The molecule has 0 aliphatic heterocycles. The number of benzene rings is 1. The van der Waals surface area contributed by atoms with E-state index in [0.29, 0.717) is 17.5 Å². The average molecular weight is 337 g/mol. The average Bonchev–Trinajstić information content (AvgIpc) is 2.57. The molecule has 25 heavy (non-hydrogen) atoms. The third kappa shape index (κ3) is 3.48. The van der Waals surface area contributed by atoms with E-state index in [1.165, 1.54) is 10.8 Å².